The highest BCUT2D eigenvalue weighted by molar-refractivity contribution is 5.79. The van der Waals surface area contributed by atoms with Crippen LogP contribution < -0.4 is 10.1 Å². The molecule has 7 nitrogen and oxygen atoms in total. The summed E-state index contributed by atoms with van der Waals surface area (Å²) in [5.74, 6) is -0.641. The predicted molar refractivity (Wildman–Crippen MR) is 97.9 cm³/mol. The van der Waals surface area contributed by atoms with E-state index in [0.29, 0.717) is 12.3 Å². The van der Waals surface area contributed by atoms with Gasteiger partial charge in [0.15, 0.2) is 6.61 Å². The van der Waals surface area contributed by atoms with Gasteiger partial charge in [-0.2, -0.15) is 0 Å². The molecular weight excluding hydrogens is 336 g/mol. The van der Waals surface area contributed by atoms with Crippen molar-refractivity contribution < 1.29 is 23.9 Å². The van der Waals surface area contributed by atoms with Gasteiger partial charge in [-0.3, -0.25) is 14.4 Å². The molecule has 7 heteroatoms. The topological polar surface area (TPSA) is 84.9 Å². The zero-order valence-electron chi connectivity index (χ0n) is 16.1. The van der Waals surface area contributed by atoms with Crippen LogP contribution in [0, 0.1) is 19.8 Å². The van der Waals surface area contributed by atoms with Crippen molar-refractivity contribution in [3.05, 3.63) is 29.3 Å². The van der Waals surface area contributed by atoms with E-state index in [1.165, 1.54) is 18.9 Å². The lowest BCUT2D eigenvalue weighted by atomic mass is 10.1. The molecule has 0 aliphatic rings. The van der Waals surface area contributed by atoms with Gasteiger partial charge in [0, 0.05) is 26.6 Å². The quantitative estimate of drug-likeness (QED) is 0.671. The summed E-state index contributed by atoms with van der Waals surface area (Å²) in [4.78, 5) is 36.8. The smallest absolute Gasteiger partial charge is 0.310 e. The van der Waals surface area contributed by atoms with Crippen LogP contribution in [-0.2, 0) is 19.1 Å². The van der Waals surface area contributed by atoms with Gasteiger partial charge in [0.1, 0.15) is 5.75 Å². The average Bonchev–Trinajstić information content (AvgIpc) is 2.60. The van der Waals surface area contributed by atoms with Crippen LogP contribution >= 0.6 is 0 Å². The first-order chi connectivity index (χ1) is 12.2. The second kappa shape index (κ2) is 10.4. The second-order valence-electron chi connectivity index (χ2n) is 6.30. The van der Waals surface area contributed by atoms with Crippen molar-refractivity contribution in [2.24, 2.45) is 5.92 Å². The molecule has 0 aliphatic heterocycles. The molecule has 0 aliphatic carbocycles. The number of carbonyl (C=O) groups is 3. The van der Waals surface area contributed by atoms with Crippen molar-refractivity contribution in [1.29, 1.82) is 0 Å². The Morgan fingerprint density at radius 3 is 2.54 bits per heavy atom. The minimum Gasteiger partial charge on any atom is -0.483 e. The van der Waals surface area contributed by atoms with Gasteiger partial charge in [-0.15, -0.1) is 0 Å². The van der Waals surface area contributed by atoms with Crippen LogP contribution in [0.1, 0.15) is 25.0 Å². The van der Waals surface area contributed by atoms with E-state index in [1.807, 2.05) is 32.0 Å². The third kappa shape index (κ3) is 7.13. The number of methoxy groups -OCH3 is 1. The van der Waals surface area contributed by atoms with Crippen molar-refractivity contribution in [2.45, 2.75) is 27.7 Å². The monoisotopic (exact) mass is 364 g/mol. The molecule has 2 amide bonds. The second-order valence-corrected chi connectivity index (χ2v) is 6.30. The summed E-state index contributed by atoms with van der Waals surface area (Å²) in [6.45, 7) is 7.61. The van der Waals surface area contributed by atoms with Crippen LogP contribution in [0.15, 0.2) is 18.2 Å². The van der Waals surface area contributed by atoms with Gasteiger partial charge in [0.2, 0.25) is 5.91 Å². The largest absolute Gasteiger partial charge is 0.483 e. The van der Waals surface area contributed by atoms with E-state index in [4.69, 9.17) is 9.47 Å². The van der Waals surface area contributed by atoms with Crippen molar-refractivity contribution >= 4 is 17.8 Å². The van der Waals surface area contributed by atoms with E-state index < -0.39 is 11.9 Å². The molecular formula is C19H28N2O5. The lowest BCUT2D eigenvalue weighted by Gasteiger charge is -2.25. The molecule has 1 atom stereocenters. The Hall–Kier alpha value is -2.57. The highest BCUT2D eigenvalue weighted by Gasteiger charge is 2.22. The van der Waals surface area contributed by atoms with Crippen molar-refractivity contribution in [3.63, 3.8) is 0 Å². The molecule has 0 bridgehead atoms. The number of rotatable bonds is 9. The molecule has 1 aromatic rings. The number of carbonyl (C=O) groups excluding carboxylic acids is 3. The molecule has 0 radical (unpaired) electrons. The van der Waals surface area contributed by atoms with Gasteiger partial charge in [0.25, 0.3) is 5.91 Å². The molecule has 1 rings (SSSR count). The number of benzene rings is 1. The fourth-order valence-electron chi connectivity index (χ4n) is 2.38. The van der Waals surface area contributed by atoms with Crippen molar-refractivity contribution in [3.8, 4) is 5.75 Å². The normalized spacial score (nSPS) is 11.4. The Balaban J connectivity index is 2.73. The molecule has 1 N–H and O–H groups in total. The molecule has 1 unspecified atom stereocenters. The number of nitrogens with zero attached hydrogens (tertiary/aromatic N) is 1. The Morgan fingerprint density at radius 2 is 1.92 bits per heavy atom. The van der Waals surface area contributed by atoms with Crippen LogP contribution in [0.4, 0.5) is 0 Å². The summed E-state index contributed by atoms with van der Waals surface area (Å²) in [6, 6.07) is 5.78. The molecule has 144 valence electrons. The minimum atomic E-state index is -0.470. The Labute approximate surface area is 154 Å². The maximum atomic E-state index is 12.6. The molecule has 0 aromatic heterocycles. The van der Waals surface area contributed by atoms with Gasteiger partial charge in [-0.05, 0) is 31.0 Å². The minimum absolute atomic E-state index is 0.141. The molecule has 0 heterocycles. The molecule has 0 fully saturated rings. The van der Waals surface area contributed by atoms with Crippen molar-refractivity contribution in [1.82, 2.24) is 10.2 Å². The zero-order valence-corrected chi connectivity index (χ0v) is 16.1. The average molecular weight is 364 g/mol. The number of hydrogen-bond acceptors (Lipinski definition) is 5. The summed E-state index contributed by atoms with van der Waals surface area (Å²) in [5.41, 5.74) is 1.98. The summed E-state index contributed by atoms with van der Waals surface area (Å²) in [5, 5.41) is 2.65. The van der Waals surface area contributed by atoms with E-state index in [-0.39, 0.29) is 31.5 Å². The van der Waals surface area contributed by atoms with E-state index in [9.17, 15) is 14.4 Å². The third-order valence-electron chi connectivity index (χ3n) is 3.90. The maximum Gasteiger partial charge on any atom is 0.310 e. The van der Waals surface area contributed by atoms with E-state index >= 15 is 0 Å². The van der Waals surface area contributed by atoms with Crippen LogP contribution in [0.3, 0.4) is 0 Å². The summed E-state index contributed by atoms with van der Waals surface area (Å²) < 4.78 is 10.4. The maximum absolute atomic E-state index is 12.6. The Morgan fingerprint density at radius 1 is 1.23 bits per heavy atom. The van der Waals surface area contributed by atoms with Gasteiger partial charge in [0.05, 0.1) is 13.0 Å². The van der Waals surface area contributed by atoms with Crippen LogP contribution in [-0.4, -0.2) is 56.0 Å². The first kappa shape index (κ1) is 21.5. The third-order valence-corrected chi connectivity index (χ3v) is 3.90. The first-order valence-corrected chi connectivity index (χ1v) is 8.54. The Bertz CT molecular complexity index is 645. The van der Waals surface area contributed by atoms with E-state index in [0.717, 1.165) is 11.1 Å². The molecule has 26 heavy (non-hydrogen) atoms. The van der Waals surface area contributed by atoms with Gasteiger partial charge in [-0.25, -0.2) is 0 Å². The van der Waals surface area contributed by atoms with Gasteiger partial charge in [-0.1, -0.05) is 19.1 Å². The number of esters is 1. The highest BCUT2D eigenvalue weighted by Crippen LogP contribution is 2.19. The lowest BCUT2D eigenvalue weighted by molar-refractivity contribution is -0.146. The molecule has 1 aromatic carbocycles. The highest BCUT2D eigenvalue weighted by atomic mass is 16.5. The van der Waals surface area contributed by atoms with Crippen molar-refractivity contribution in [2.75, 3.05) is 33.4 Å². The Kier molecular flexibility index (Phi) is 8.61. The predicted octanol–water partition coefficient (Wildman–Crippen LogP) is 1.46. The zero-order chi connectivity index (χ0) is 19.7. The van der Waals surface area contributed by atoms with Gasteiger partial charge >= 0.3 is 5.97 Å². The number of hydrogen-bond donors (Lipinski definition) is 1. The summed E-state index contributed by atoms with van der Waals surface area (Å²) in [7, 11) is 1.31. The summed E-state index contributed by atoms with van der Waals surface area (Å²) in [6.07, 6.45) is 0. The van der Waals surface area contributed by atoms with Crippen LogP contribution in [0.2, 0.25) is 0 Å². The fourth-order valence-corrected chi connectivity index (χ4v) is 2.38. The number of nitrogens with one attached hydrogen (secondary N) is 1. The van der Waals surface area contributed by atoms with Crippen LogP contribution in [0.5, 0.6) is 5.75 Å². The fraction of sp³-hybridized carbons (Fsp3) is 0.526. The molecule has 0 spiro atoms. The van der Waals surface area contributed by atoms with E-state index in [2.05, 4.69) is 5.32 Å². The molecule has 0 saturated carbocycles. The first-order valence-electron chi connectivity index (χ1n) is 8.54. The number of ether oxygens (including phenoxy) is 2. The number of aryl methyl sites for hydroxylation is 2. The lowest BCUT2D eigenvalue weighted by Crippen LogP contribution is -2.43. The number of amides is 2. The summed E-state index contributed by atoms with van der Waals surface area (Å²) >= 11 is 0. The SMILES string of the molecule is COC(=O)C(C)CN(CCNC(C)=O)C(=O)COc1cc(C)ccc1C. The van der Waals surface area contributed by atoms with Gasteiger partial charge < -0.3 is 19.7 Å². The van der Waals surface area contributed by atoms with E-state index in [1.54, 1.807) is 6.92 Å². The molecule has 0 saturated heterocycles. The van der Waals surface area contributed by atoms with Crippen LogP contribution in [0.25, 0.3) is 0 Å². The standard InChI is InChI=1S/C19H28N2O5/c1-13-6-7-14(2)17(10-13)26-12-18(23)21(9-8-20-16(4)22)11-15(3)19(24)25-5/h6-7,10,15H,8-9,11-12H2,1-5H3,(H,20,22).